The third-order valence-electron chi connectivity index (χ3n) is 4.59. The first-order chi connectivity index (χ1) is 11.0. The van der Waals surface area contributed by atoms with Crippen molar-refractivity contribution in [2.24, 2.45) is 5.92 Å². The molecule has 0 bridgehead atoms. The van der Waals surface area contributed by atoms with Gasteiger partial charge >= 0.3 is 6.61 Å². The largest absolute Gasteiger partial charge is 0.432 e. The predicted octanol–water partition coefficient (Wildman–Crippen LogP) is 3.29. The summed E-state index contributed by atoms with van der Waals surface area (Å²) >= 11 is 0. The molecule has 3 unspecified atom stereocenters. The molecule has 1 saturated carbocycles. The van der Waals surface area contributed by atoms with Crippen molar-refractivity contribution in [1.82, 2.24) is 5.32 Å². The number of halogens is 3. The van der Waals surface area contributed by atoms with Crippen LogP contribution < -0.4 is 15.4 Å². The van der Waals surface area contributed by atoms with Crippen molar-refractivity contribution >= 4 is 11.6 Å². The van der Waals surface area contributed by atoms with E-state index in [0.29, 0.717) is 12.0 Å². The number of alkyl halides is 2. The first kappa shape index (κ1) is 16.1. The zero-order valence-electron chi connectivity index (χ0n) is 12.5. The first-order valence-corrected chi connectivity index (χ1v) is 7.84. The minimum absolute atomic E-state index is 0.221. The van der Waals surface area contributed by atoms with Crippen molar-refractivity contribution in [2.45, 2.75) is 50.8 Å². The molecule has 0 aromatic heterocycles. The second-order valence-corrected chi connectivity index (χ2v) is 6.12. The van der Waals surface area contributed by atoms with Gasteiger partial charge in [-0.15, -0.1) is 0 Å². The molecule has 126 valence electrons. The molecule has 1 saturated heterocycles. The first-order valence-electron chi connectivity index (χ1n) is 7.84. The van der Waals surface area contributed by atoms with Gasteiger partial charge in [0.1, 0.15) is 0 Å². The van der Waals surface area contributed by atoms with Crippen molar-refractivity contribution < 1.29 is 22.7 Å². The molecule has 3 rings (SSSR count). The van der Waals surface area contributed by atoms with Crippen LogP contribution in [0.3, 0.4) is 0 Å². The Kier molecular flexibility index (Phi) is 4.75. The van der Waals surface area contributed by atoms with Gasteiger partial charge in [0.2, 0.25) is 5.91 Å². The van der Waals surface area contributed by atoms with E-state index in [1.807, 2.05) is 0 Å². The maximum absolute atomic E-state index is 13.7. The SMILES string of the molecule is O=C(Nc1ccc(OC(F)F)c(F)c1)C1CC2CCCCC2N1. The van der Waals surface area contributed by atoms with Crippen LogP contribution in [0.4, 0.5) is 18.9 Å². The average molecular weight is 328 g/mol. The van der Waals surface area contributed by atoms with E-state index in [1.54, 1.807) is 0 Å². The van der Waals surface area contributed by atoms with Crippen LogP contribution in [0, 0.1) is 11.7 Å². The third kappa shape index (κ3) is 3.77. The van der Waals surface area contributed by atoms with Crippen LogP contribution in [0.25, 0.3) is 0 Å². The summed E-state index contributed by atoms with van der Waals surface area (Å²) in [5.41, 5.74) is 0.228. The van der Waals surface area contributed by atoms with Crippen LogP contribution >= 0.6 is 0 Å². The maximum Gasteiger partial charge on any atom is 0.387 e. The molecule has 1 heterocycles. The number of carbonyl (C=O) groups excluding carboxylic acids is 1. The monoisotopic (exact) mass is 328 g/mol. The number of anilines is 1. The number of carbonyl (C=O) groups is 1. The number of amides is 1. The number of hydrogen-bond acceptors (Lipinski definition) is 3. The Labute approximate surface area is 132 Å². The van der Waals surface area contributed by atoms with Gasteiger partial charge in [-0.25, -0.2) is 4.39 Å². The molecular weight excluding hydrogens is 309 g/mol. The van der Waals surface area contributed by atoms with Crippen LogP contribution in [-0.4, -0.2) is 24.6 Å². The van der Waals surface area contributed by atoms with Crippen molar-refractivity contribution in [3.63, 3.8) is 0 Å². The summed E-state index contributed by atoms with van der Waals surface area (Å²) in [6, 6.07) is 3.51. The lowest BCUT2D eigenvalue weighted by atomic mass is 9.85. The van der Waals surface area contributed by atoms with E-state index < -0.39 is 18.2 Å². The van der Waals surface area contributed by atoms with Crippen LogP contribution in [0.1, 0.15) is 32.1 Å². The van der Waals surface area contributed by atoms with Gasteiger partial charge in [-0.3, -0.25) is 4.79 Å². The summed E-state index contributed by atoms with van der Waals surface area (Å²) in [5, 5.41) is 5.97. The summed E-state index contributed by atoms with van der Waals surface area (Å²) in [4.78, 5) is 12.3. The zero-order valence-corrected chi connectivity index (χ0v) is 12.5. The normalized spacial score (nSPS) is 26.9. The molecule has 1 aromatic rings. The number of nitrogens with one attached hydrogen (secondary N) is 2. The molecule has 7 heteroatoms. The molecular formula is C16H19F3N2O2. The Morgan fingerprint density at radius 1 is 1.30 bits per heavy atom. The van der Waals surface area contributed by atoms with Gasteiger partial charge in [0.05, 0.1) is 6.04 Å². The van der Waals surface area contributed by atoms with Crippen LogP contribution in [0.2, 0.25) is 0 Å². The highest BCUT2D eigenvalue weighted by atomic mass is 19.3. The van der Waals surface area contributed by atoms with E-state index in [1.165, 1.54) is 18.9 Å². The second kappa shape index (κ2) is 6.78. The Morgan fingerprint density at radius 2 is 2.09 bits per heavy atom. The Balaban J connectivity index is 1.61. The van der Waals surface area contributed by atoms with Gasteiger partial charge < -0.3 is 15.4 Å². The molecule has 0 radical (unpaired) electrons. The maximum atomic E-state index is 13.7. The Bertz CT molecular complexity index is 568. The molecule has 2 aliphatic rings. The van der Waals surface area contributed by atoms with Gasteiger partial charge in [-0.05, 0) is 37.3 Å². The molecule has 4 nitrogen and oxygen atoms in total. The van der Waals surface area contributed by atoms with Crippen molar-refractivity contribution in [1.29, 1.82) is 0 Å². The topological polar surface area (TPSA) is 50.4 Å². The van der Waals surface area contributed by atoms with Crippen molar-refractivity contribution in [3.8, 4) is 5.75 Å². The lowest BCUT2D eigenvalue weighted by molar-refractivity contribution is -0.117. The number of ether oxygens (including phenoxy) is 1. The average Bonchev–Trinajstić information content (AvgIpc) is 2.94. The number of fused-ring (bicyclic) bond motifs is 1. The van der Waals surface area contributed by atoms with Crippen LogP contribution in [0.15, 0.2) is 18.2 Å². The smallest absolute Gasteiger partial charge is 0.387 e. The molecule has 1 aromatic carbocycles. The lowest BCUT2D eigenvalue weighted by Crippen LogP contribution is -2.39. The van der Waals surface area contributed by atoms with Gasteiger partial charge in [-0.1, -0.05) is 12.8 Å². The Hall–Kier alpha value is -1.76. The quantitative estimate of drug-likeness (QED) is 0.892. The van der Waals surface area contributed by atoms with E-state index in [4.69, 9.17) is 0 Å². The number of hydrogen-bond donors (Lipinski definition) is 2. The second-order valence-electron chi connectivity index (χ2n) is 6.12. The summed E-state index contributed by atoms with van der Waals surface area (Å²) in [6.07, 6.45) is 5.39. The zero-order chi connectivity index (χ0) is 16.4. The fraction of sp³-hybridized carbons (Fsp3) is 0.562. The molecule has 23 heavy (non-hydrogen) atoms. The van der Waals surface area contributed by atoms with E-state index in [-0.39, 0.29) is 17.6 Å². The number of benzene rings is 1. The molecule has 2 N–H and O–H groups in total. The summed E-state index contributed by atoms with van der Waals surface area (Å²) < 4.78 is 41.9. The minimum Gasteiger partial charge on any atom is -0.432 e. The third-order valence-corrected chi connectivity index (χ3v) is 4.59. The molecule has 2 fully saturated rings. The van der Waals surface area contributed by atoms with Gasteiger partial charge in [-0.2, -0.15) is 8.78 Å². The van der Waals surface area contributed by atoms with E-state index in [0.717, 1.165) is 31.4 Å². The van der Waals surface area contributed by atoms with Gasteiger partial charge in [0.15, 0.2) is 11.6 Å². The van der Waals surface area contributed by atoms with Gasteiger partial charge in [0.25, 0.3) is 0 Å². The standard InChI is InChI=1S/C16H19F3N2O2/c17-11-8-10(5-6-14(11)23-16(18)19)20-15(22)13-7-9-3-1-2-4-12(9)21-13/h5-6,8-9,12-13,16,21H,1-4,7H2,(H,20,22). The van der Waals surface area contributed by atoms with E-state index in [2.05, 4.69) is 15.4 Å². The van der Waals surface area contributed by atoms with Crippen molar-refractivity contribution in [2.75, 3.05) is 5.32 Å². The summed E-state index contributed by atoms with van der Waals surface area (Å²) in [7, 11) is 0. The molecule has 1 aliphatic carbocycles. The molecule has 0 spiro atoms. The minimum atomic E-state index is -3.09. The number of rotatable bonds is 4. The fourth-order valence-corrected chi connectivity index (χ4v) is 3.52. The van der Waals surface area contributed by atoms with Gasteiger partial charge in [0, 0.05) is 17.8 Å². The predicted molar refractivity (Wildman–Crippen MR) is 78.9 cm³/mol. The summed E-state index contributed by atoms with van der Waals surface area (Å²) in [5.74, 6) is -1.17. The fourth-order valence-electron chi connectivity index (χ4n) is 3.52. The summed E-state index contributed by atoms with van der Waals surface area (Å²) in [6.45, 7) is -3.09. The molecule has 3 atom stereocenters. The molecule has 1 aliphatic heterocycles. The van der Waals surface area contributed by atoms with Crippen LogP contribution in [0.5, 0.6) is 5.75 Å². The highest BCUT2D eigenvalue weighted by molar-refractivity contribution is 5.95. The highest BCUT2D eigenvalue weighted by Crippen LogP contribution is 2.33. The van der Waals surface area contributed by atoms with Crippen molar-refractivity contribution in [3.05, 3.63) is 24.0 Å². The van der Waals surface area contributed by atoms with Crippen LogP contribution in [-0.2, 0) is 4.79 Å². The lowest BCUT2D eigenvalue weighted by Gasteiger charge is -2.24. The van der Waals surface area contributed by atoms with E-state index >= 15 is 0 Å². The molecule has 1 amide bonds. The highest BCUT2D eigenvalue weighted by Gasteiger charge is 2.38. The van der Waals surface area contributed by atoms with E-state index in [9.17, 15) is 18.0 Å². The Morgan fingerprint density at radius 3 is 2.78 bits per heavy atom.